The van der Waals surface area contributed by atoms with Crippen LogP contribution in [-0.4, -0.2) is 20.1 Å². The van der Waals surface area contributed by atoms with Crippen molar-refractivity contribution in [1.82, 2.24) is 0 Å². The van der Waals surface area contributed by atoms with E-state index in [1.165, 1.54) is 6.92 Å². The zero-order valence-electron chi connectivity index (χ0n) is 7.50. The van der Waals surface area contributed by atoms with Gasteiger partial charge in [-0.25, -0.2) is 0 Å². The molecule has 0 heterocycles. The molecule has 0 aliphatic carbocycles. The fourth-order valence-electron chi connectivity index (χ4n) is 1.17. The summed E-state index contributed by atoms with van der Waals surface area (Å²) in [5, 5.41) is 39.2. The van der Waals surface area contributed by atoms with Gasteiger partial charge in [0.2, 0.25) is 0 Å². The first-order valence-corrected chi connectivity index (χ1v) is 3.70. The van der Waals surface area contributed by atoms with Crippen LogP contribution in [0.25, 0.3) is 0 Å². The van der Waals surface area contributed by atoms with Crippen LogP contribution < -0.4 is 0 Å². The predicted octanol–water partition coefficient (Wildman–Crippen LogP) is 1.22. The molecule has 0 aromatic heterocycles. The normalized spacial score (nSPS) is 9.93. The fraction of sp³-hybridized carbons (Fsp3) is 0.143. The van der Waals surface area contributed by atoms with Gasteiger partial charge >= 0.3 is 11.4 Å². The van der Waals surface area contributed by atoms with E-state index in [9.17, 15) is 25.3 Å². The molecule has 0 bridgehead atoms. The highest BCUT2D eigenvalue weighted by Crippen LogP contribution is 2.43. The molecule has 0 spiro atoms. The molecular weight excluding hydrogens is 208 g/mol. The summed E-state index contributed by atoms with van der Waals surface area (Å²) >= 11 is 0. The van der Waals surface area contributed by atoms with Gasteiger partial charge in [0.05, 0.1) is 9.85 Å². The van der Waals surface area contributed by atoms with Crippen molar-refractivity contribution < 1.29 is 20.1 Å². The standard InChI is InChI=1S/C7H6N2O6/c1-3-2-4(10)6(9(14)15)7(11)5(3)8(12)13/h2,10-11H,1H3. The van der Waals surface area contributed by atoms with Crippen LogP contribution in [0.1, 0.15) is 5.56 Å². The summed E-state index contributed by atoms with van der Waals surface area (Å²) in [6.45, 7) is 1.25. The van der Waals surface area contributed by atoms with Crippen molar-refractivity contribution in [2.75, 3.05) is 0 Å². The molecule has 0 atom stereocenters. The lowest BCUT2D eigenvalue weighted by Crippen LogP contribution is -1.97. The zero-order chi connectivity index (χ0) is 11.7. The van der Waals surface area contributed by atoms with Gasteiger partial charge in [-0.1, -0.05) is 0 Å². The van der Waals surface area contributed by atoms with E-state index < -0.39 is 32.7 Å². The van der Waals surface area contributed by atoms with Crippen LogP contribution in [0.2, 0.25) is 0 Å². The third kappa shape index (κ3) is 1.64. The van der Waals surface area contributed by atoms with E-state index in [-0.39, 0.29) is 5.56 Å². The SMILES string of the molecule is Cc1cc(O)c([N+](=O)[O-])c(O)c1[N+](=O)[O-]. The maximum atomic E-state index is 10.5. The van der Waals surface area contributed by atoms with E-state index in [1.807, 2.05) is 0 Å². The highest BCUT2D eigenvalue weighted by Gasteiger charge is 2.31. The molecule has 0 unspecified atom stereocenters. The first kappa shape index (κ1) is 10.7. The molecule has 1 rings (SSSR count). The van der Waals surface area contributed by atoms with Crippen LogP contribution >= 0.6 is 0 Å². The van der Waals surface area contributed by atoms with E-state index in [2.05, 4.69) is 0 Å². The summed E-state index contributed by atoms with van der Waals surface area (Å²) in [4.78, 5) is 18.8. The topological polar surface area (TPSA) is 127 Å². The Morgan fingerprint density at radius 2 is 1.60 bits per heavy atom. The average Bonchev–Trinajstić information content (AvgIpc) is 1.99. The summed E-state index contributed by atoms with van der Waals surface area (Å²) < 4.78 is 0. The van der Waals surface area contributed by atoms with Crippen molar-refractivity contribution in [3.05, 3.63) is 31.9 Å². The molecule has 15 heavy (non-hydrogen) atoms. The third-order valence-corrected chi connectivity index (χ3v) is 1.78. The number of rotatable bonds is 2. The van der Waals surface area contributed by atoms with Gasteiger partial charge in [-0.3, -0.25) is 20.2 Å². The van der Waals surface area contributed by atoms with E-state index in [0.717, 1.165) is 6.07 Å². The Bertz CT molecular complexity index is 417. The molecule has 0 aliphatic rings. The highest BCUT2D eigenvalue weighted by molar-refractivity contribution is 5.68. The Balaban J connectivity index is 3.64. The van der Waals surface area contributed by atoms with E-state index in [1.54, 1.807) is 0 Å². The second kappa shape index (κ2) is 3.40. The second-order valence-electron chi connectivity index (χ2n) is 2.77. The third-order valence-electron chi connectivity index (χ3n) is 1.78. The average molecular weight is 214 g/mol. The summed E-state index contributed by atoms with van der Waals surface area (Å²) in [6.07, 6.45) is 0. The van der Waals surface area contributed by atoms with E-state index in [0.29, 0.717) is 0 Å². The van der Waals surface area contributed by atoms with Gasteiger partial charge in [-0.05, 0) is 13.0 Å². The smallest absolute Gasteiger partial charge is 0.359 e. The molecule has 2 N–H and O–H groups in total. The molecule has 8 nitrogen and oxygen atoms in total. The van der Waals surface area contributed by atoms with E-state index >= 15 is 0 Å². The van der Waals surface area contributed by atoms with Crippen molar-refractivity contribution in [2.45, 2.75) is 6.92 Å². The maximum absolute atomic E-state index is 10.5. The molecule has 0 amide bonds. The lowest BCUT2D eigenvalue weighted by molar-refractivity contribution is -0.397. The van der Waals surface area contributed by atoms with Gasteiger partial charge in [0, 0.05) is 5.56 Å². The number of phenolic OH excluding ortho intramolecular Hbond substituents is 2. The molecule has 0 saturated carbocycles. The van der Waals surface area contributed by atoms with Crippen LogP contribution in [0.5, 0.6) is 11.5 Å². The number of hydrogen-bond donors (Lipinski definition) is 2. The van der Waals surface area contributed by atoms with Gasteiger partial charge < -0.3 is 10.2 Å². The summed E-state index contributed by atoms with van der Waals surface area (Å²) in [6, 6.07) is 0.857. The van der Waals surface area contributed by atoms with Crippen LogP contribution in [-0.2, 0) is 0 Å². The predicted molar refractivity (Wildman–Crippen MR) is 47.8 cm³/mol. The Morgan fingerprint density at radius 1 is 1.13 bits per heavy atom. The Morgan fingerprint density at radius 3 is 2.00 bits per heavy atom. The lowest BCUT2D eigenvalue weighted by Gasteiger charge is -2.02. The molecule has 0 radical (unpaired) electrons. The molecule has 1 aromatic rings. The maximum Gasteiger partial charge on any atom is 0.359 e. The molecule has 0 fully saturated rings. The number of nitro benzene ring substituents is 2. The molecular formula is C7H6N2O6. The van der Waals surface area contributed by atoms with Crippen LogP contribution in [0.15, 0.2) is 6.07 Å². The number of aromatic hydroxyl groups is 2. The van der Waals surface area contributed by atoms with Crippen molar-refractivity contribution >= 4 is 11.4 Å². The largest absolute Gasteiger partial charge is 0.502 e. The molecule has 8 heteroatoms. The van der Waals surface area contributed by atoms with Crippen molar-refractivity contribution in [3.8, 4) is 11.5 Å². The minimum Gasteiger partial charge on any atom is -0.502 e. The van der Waals surface area contributed by atoms with Gasteiger partial charge in [-0.2, -0.15) is 0 Å². The van der Waals surface area contributed by atoms with Crippen molar-refractivity contribution in [1.29, 1.82) is 0 Å². The first-order valence-electron chi connectivity index (χ1n) is 3.70. The van der Waals surface area contributed by atoms with Gasteiger partial charge in [0.15, 0.2) is 5.75 Å². The van der Waals surface area contributed by atoms with Gasteiger partial charge in [-0.15, -0.1) is 0 Å². The monoisotopic (exact) mass is 214 g/mol. The molecule has 1 aromatic carbocycles. The number of nitro groups is 2. The van der Waals surface area contributed by atoms with Crippen molar-refractivity contribution in [3.63, 3.8) is 0 Å². The Labute approximate surface area is 82.7 Å². The van der Waals surface area contributed by atoms with Gasteiger partial charge in [0.1, 0.15) is 0 Å². The second-order valence-corrected chi connectivity index (χ2v) is 2.77. The minimum absolute atomic E-state index is 0.0550. The first-order chi connectivity index (χ1) is 6.86. The summed E-state index contributed by atoms with van der Waals surface area (Å²) in [7, 11) is 0. The number of phenols is 2. The number of nitrogens with zero attached hydrogens (tertiary/aromatic N) is 2. The Kier molecular flexibility index (Phi) is 2.43. The highest BCUT2D eigenvalue weighted by atomic mass is 16.6. The van der Waals surface area contributed by atoms with Crippen LogP contribution in [0, 0.1) is 27.2 Å². The summed E-state index contributed by atoms with van der Waals surface area (Å²) in [5.41, 5.74) is -1.90. The zero-order valence-corrected chi connectivity index (χ0v) is 7.50. The fourth-order valence-corrected chi connectivity index (χ4v) is 1.17. The molecule has 80 valence electrons. The number of aryl methyl sites for hydroxylation is 1. The molecule has 0 aliphatic heterocycles. The van der Waals surface area contributed by atoms with Gasteiger partial charge in [0.25, 0.3) is 5.75 Å². The quantitative estimate of drug-likeness (QED) is 0.562. The number of benzene rings is 1. The minimum atomic E-state index is -1.14. The van der Waals surface area contributed by atoms with E-state index in [4.69, 9.17) is 5.11 Å². The lowest BCUT2D eigenvalue weighted by atomic mass is 10.1. The van der Waals surface area contributed by atoms with Crippen molar-refractivity contribution in [2.24, 2.45) is 0 Å². The number of hydrogen-bond acceptors (Lipinski definition) is 6. The Hall–Kier alpha value is -2.38. The molecule has 0 saturated heterocycles. The van der Waals surface area contributed by atoms with Crippen LogP contribution in [0.3, 0.4) is 0 Å². The van der Waals surface area contributed by atoms with Crippen LogP contribution in [0.4, 0.5) is 11.4 Å². The summed E-state index contributed by atoms with van der Waals surface area (Å²) in [5.74, 6) is -1.94.